The number of hydrogen-bond acceptors (Lipinski definition) is 1. The van der Waals surface area contributed by atoms with Crippen LogP contribution >= 0.6 is 0 Å². The smallest absolute Gasteiger partial charge is 0.331 e. The molecule has 0 aromatic heterocycles. The van der Waals surface area contributed by atoms with Crippen molar-refractivity contribution in [1.82, 2.24) is 0 Å². The molecule has 0 unspecified atom stereocenters. The Balaban J connectivity index is 3.85. The summed E-state index contributed by atoms with van der Waals surface area (Å²) in [6, 6.07) is 0. The van der Waals surface area contributed by atoms with Crippen LogP contribution in [0.3, 0.4) is 0 Å². The lowest BCUT2D eigenvalue weighted by Gasteiger charge is -1.95. The maximum Gasteiger partial charge on any atom is 0.331 e. The van der Waals surface area contributed by atoms with E-state index < -0.39 is 5.97 Å². The summed E-state index contributed by atoms with van der Waals surface area (Å²) in [5.74, 6) is -0.829. The number of aliphatic carboxylic acids is 1. The lowest BCUT2D eigenvalue weighted by Crippen LogP contribution is -1.99. The molecular formula is C8H12O2. The molecule has 0 radical (unpaired) electrons. The van der Waals surface area contributed by atoms with E-state index in [4.69, 9.17) is 5.11 Å². The van der Waals surface area contributed by atoms with E-state index in [-0.39, 0.29) is 0 Å². The molecule has 2 heteroatoms. The van der Waals surface area contributed by atoms with Crippen LogP contribution in [-0.4, -0.2) is 11.1 Å². The topological polar surface area (TPSA) is 37.3 Å². The third-order valence-electron chi connectivity index (χ3n) is 1.24. The highest BCUT2D eigenvalue weighted by Gasteiger charge is 2.02. The summed E-state index contributed by atoms with van der Waals surface area (Å²) in [7, 11) is 0. The van der Waals surface area contributed by atoms with Crippen LogP contribution in [0.25, 0.3) is 0 Å². The molecule has 0 aliphatic rings. The first-order chi connectivity index (χ1) is 4.72. The van der Waals surface area contributed by atoms with Gasteiger partial charge in [0.2, 0.25) is 0 Å². The predicted octanol–water partition coefficient (Wildman–Crippen LogP) is 1.98. The lowest BCUT2D eigenvalue weighted by molar-refractivity contribution is -0.132. The van der Waals surface area contributed by atoms with E-state index in [1.54, 1.807) is 19.1 Å². The summed E-state index contributed by atoms with van der Waals surface area (Å²) in [5.41, 5.74) is 0.458. The van der Waals surface area contributed by atoms with E-state index >= 15 is 0 Å². The SMILES string of the molecule is C=CCC/C(=C/C)C(=O)O. The molecule has 0 amide bonds. The second-order valence-electron chi connectivity index (χ2n) is 1.95. The van der Waals surface area contributed by atoms with Gasteiger partial charge >= 0.3 is 5.97 Å². The van der Waals surface area contributed by atoms with Gasteiger partial charge < -0.3 is 5.11 Å². The molecule has 0 atom stereocenters. The average Bonchev–Trinajstić information content (AvgIpc) is 1.89. The fraction of sp³-hybridized carbons (Fsp3) is 0.375. The molecular weight excluding hydrogens is 128 g/mol. The Morgan fingerprint density at radius 2 is 2.30 bits per heavy atom. The highest BCUT2D eigenvalue weighted by Crippen LogP contribution is 2.04. The van der Waals surface area contributed by atoms with Gasteiger partial charge in [0.15, 0.2) is 0 Å². The predicted molar refractivity (Wildman–Crippen MR) is 40.8 cm³/mol. The van der Waals surface area contributed by atoms with E-state index in [1.165, 1.54) is 0 Å². The number of carboxylic acid groups (broad SMARTS) is 1. The Labute approximate surface area is 60.9 Å². The van der Waals surface area contributed by atoms with Crippen molar-refractivity contribution >= 4 is 5.97 Å². The average molecular weight is 140 g/mol. The zero-order chi connectivity index (χ0) is 7.98. The van der Waals surface area contributed by atoms with Crippen molar-refractivity contribution in [3.63, 3.8) is 0 Å². The standard InChI is InChI=1S/C8H12O2/c1-3-5-6-7(4-2)8(9)10/h3-4H,1,5-6H2,2H3,(H,9,10)/b7-4-. The summed E-state index contributed by atoms with van der Waals surface area (Å²) in [6.45, 7) is 5.23. The van der Waals surface area contributed by atoms with Gasteiger partial charge in [0.05, 0.1) is 0 Å². The van der Waals surface area contributed by atoms with Crippen LogP contribution in [0.1, 0.15) is 19.8 Å². The molecule has 0 aromatic rings. The van der Waals surface area contributed by atoms with Gasteiger partial charge in [0.25, 0.3) is 0 Å². The monoisotopic (exact) mass is 140 g/mol. The van der Waals surface area contributed by atoms with Crippen LogP contribution in [0.15, 0.2) is 24.3 Å². The summed E-state index contributed by atoms with van der Waals surface area (Å²) >= 11 is 0. The van der Waals surface area contributed by atoms with Crippen LogP contribution in [0.4, 0.5) is 0 Å². The fourth-order valence-electron chi connectivity index (χ4n) is 0.632. The number of hydrogen-bond donors (Lipinski definition) is 1. The van der Waals surface area contributed by atoms with Crippen LogP contribution in [-0.2, 0) is 4.79 Å². The van der Waals surface area contributed by atoms with E-state index in [2.05, 4.69) is 6.58 Å². The first kappa shape index (κ1) is 8.95. The first-order valence-corrected chi connectivity index (χ1v) is 3.21. The van der Waals surface area contributed by atoms with Crippen molar-refractivity contribution in [2.75, 3.05) is 0 Å². The van der Waals surface area contributed by atoms with Crippen molar-refractivity contribution in [3.05, 3.63) is 24.3 Å². The molecule has 10 heavy (non-hydrogen) atoms. The molecule has 0 aromatic carbocycles. The molecule has 0 heterocycles. The zero-order valence-corrected chi connectivity index (χ0v) is 6.13. The molecule has 0 aliphatic heterocycles. The molecule has 1 N–H and O–H groups in total. The van der Waals surface area contributed by atoms with Crippen molar-refractivity contribution in [2.45, 2.75) is 19.8 Å². The summed E-state index contributed by atoms with van der Waals surface area (Å²) in [5, 5.41) is 8.50. The Hall–Kier alpha value is -1.05. The van der Waals surface area contributed by atoms with Crippen LogP contribution < -0.4 is 0 Å². The number of carbonyl (C=O) groups is 1. The highest BCUT2D eigenvalue weighted by atomic mass is 16.4. The molecule has 2 nitrogen and oxygen atoms in total. The highest BCUT2D eigenvalue weighted by molar-refractivity contribution is 5.86. The van der Waals surface area contributed by atoms with Gasteiger partial charge in [-0.15, -0.1) is 6.58 Å². The maximum atomic E-state index is 10.3. The van der Waals surface area contributed by atoms with Gasteiger partial charge in [-0.25, -0.2) is 4.79 Å². The molecule has 0 fully saturated rings. The minimum absolute atomic E-state index is 0.458. The van der Waals surface area contributed by atoms with Crippen LogP contribution in [0, 0.1) is 0 Å². The van der Waals surface area contributed by atoms with Gasteiger partial charge in [-0.2, -0.15) is 0 Å². The normalized spacial score (nSPS) is 11.1. The Kier molecular flexibility index (Phi) is 4.29. The van der Waals surface area contributed by atoms with E-state index in [9.17, 15) is 4.79 Å². The largest absolute Gasteiger partial charge is 0.478 e. The zero-order valence-electron chi connectivity index (χ0n) is 6.13. The third-order valence-corrected chi connectivity index (χ3v) is 1.24. The van der Waals surface area contributed by atoms with Crippen molar-refractivity contribution in [3.8, 4) is 0 Å². The van der Waals surface area contributed by atoms with E-state index in [1.807, 2.05) is 0 Å². The Bertz CT molecular complexity index is 157. The van der Waals surface area contributed by atoms with E-state index in [0.29, 0.717) is 12.0 Å². The van der Waals surface area contributed by atoms with Crippen LogP contribution in [0.2, 0.25) is 0 Å². The van der Waals surface area contributed by atoms with Gasteiger partial charge in [-0.05, 0) is 19.8 Å². The third kappa shape index (κ3) is 3.07. The van der Waals surface area contributed by atoms with Gasteiger partial charge in [-0.3, -0.25) is 0 Å². The minimum atomic E-state index is -0.829. The Morgan fingerprint density at radius 1 is 1.70 bits per heavy atom. The number of rotatable bonds is 4. The summed E-state index contributed by atoms with van der Waals surface area (Å²) in [6.07, 6.45) is 4.64. The number of carboxylic acids is 1. The van der Waals surface area contributed by atoms with Crippen molar-refractivity contribution in [1.29, 1.82) is 0 Å². The second-order valence-corrected chi connectivity index (χ2v) is 1.95. The molecule has 0 saturated heterocycles. The van der Waals surface area contributed by atoms with Crippen molar-refractivity contribution in [2.24, 2.45) is 0 Å². The number of allylic oxidation sites excluding steroid dienone is 2. The quantitative estimate of drug-likeness (QED) is 0.479. The molecule has 0 saturated carbocycles. The van der Waals surface area contributed by atoms with Gasteiger partial charge in [0.1, 0.15) is 0 Å². The van der Waals surface area contributed by atoms with Gasteiger partial charge in [0, 0.05) is 5.57 Å². The van der Waals surface area contributed by atoms with Crippen molar-refractivity contribution < 1.29 is 9.90 Å². The maximum absolute atomic E-state index is 10.3. The Morgan fingerprint density at radius 3 is 2.60 bits per heavy atom. The minimum Gasteiger partial charge on any atom is -0.478 e. The molecule has 0 spiro atoms. The second kappa shape index (κ2) is 4.79. The van der Waals surface area contributed by atoms with Crippen LogP contribution in [0.5, 0.6) is 0 Å². The summed E-state index contributed by atoms with van der Waals surface area (Å²) < 4.78 is 0. The van der Waals surface area contributed by atoms with E-state index in [0.717, 1.165) is 6.42 Å². The molecule has 0 aliphatic carbocycles. The molecule has 0 rings (SSSR count). The molecule has 0 bridgehead atoms. The first-order valence-electron chi connectivity index (χ1n) is 3.21. The van der Waals surface area contributed by atoms with Gasteiger partial charge in [-0.1, -0.05) is 12.2 Å². The fourth-order valence-corrected chi connectivity index (χ4v) is 0.632. The summed E-state index contributed by atoms with van der Waals surface area (Å²) in [4.78, 5) is 10.3. The molecule has 56 valence electrons. The lowest BCUT2D eigenvalue weighted by atomic mass is 10.1.